The van der Waals surface area contributed by atoms with Gasteiger partial charge in [-0.25, -0.2) is 4.39 Å². The van der Waals surface area contributed by atoms with E-state index in [4.69, 9.17) is 23.2 Å². The Balaban J connectivity index is 2.46. The summed E-state index contributed by atoms with van der Waals surface area (Å²) < 4.78 is 14.9. The minimum Gasteiger partial charge on any atom is -0.207 e. The van der Waals surface area contributed by atoms with Crippen molar-refractivity contribution in [1.29, 1.82) is 0 Å². The van der Waals surface area contributed by atoms with E-state index >= 15 is 0 Å². The van der Waals surface area contributed by atoms with Crippen LogP contribution in [0.1, 0.15) is 16.7 Å². The van der Waals surface area contributed by atoms with Crippen LogP contribution in [0, 0.1) is 12.7 Å². The summed E-state index contributed by atoms with van der Waals surface area (Å²) >= 11 is 15.8. The molecule has 2 aromatic rings. The van der Waals surface area contributed by atoms with Crippen molar-refractivity contribution in [2.75, 3.05) is 11.8 Å². The quantitative estimate of drug-likeness (QED) is 0.562. The molecule has 112 valence electrons. The van der Waals surface area contributed by atoms with Gasteiger partial charge in [0.2, 0.25) is 0 Å². The molecule has 4 heteroatoms. The van der Waals surface area contributed by atoms with Crippen LogP contribution in [-0.4, -0.2) is 11.8 Å². The minimum absolute atomic E-state index is 0.238. The van der Waals surface area contributed by atoms with Crippen LogP contribution in [0.2, 0.25) is 0 Å². The summed E-state index contributed by atoms with van der Waals surface area (Å²) in [6.45, 7) is 2.03. The Kier molecular flexibility index (Phi) is 5.70. The minimum atomic E-state index is -0.469. The molecule has 21 heavy (non-hydrogen) atoms. The number of benzene rings is 2. The number of rotatable bonds is 5. The van der Waals surface area contributed by atoms with Crippen molar-refractivity contribution in [3.05, 3.63) is 69.4 Å². The van der Waals surface area contributed by atoms with Gasteiger partial charge in [-0.2, -0.15) is 0 Å². The summed E-state index contributed by atoms with van der Waals surface area (Å²) in [5.41, 5.74) is 2.36. The zero-order valence-electron chi connectivity index (χ0n) is 11.7. The lowest BCUT2D eigenvalue weighted by Gasteiger charge is -2.32. The molecular weight excluding hydrogens is 374 g/mol. The first-order valence-electron chi connectivity index (χ1n) is 6.64. The van der Waals surface area contributed by atoms with E-state index in [2.05, 4.69) is 15.9 Å². The standard InChI is InChI=1S/C17H16BrCl2F/c1-12-4-2-3-5-15(12)17(10-19,11-20)9-13-6-7-14(18)8-16(13)21/h2-8H,9-11H2,1H3. The van der Waals surface area contributed by atoms with Gasteiger partial charge in [0.05, 0.1) is 0 Å². The van der Waals surface area contributed by atoms with Crippen molar-refractivity contribution in [3.63, 3.8) is 0 Å². The summed E-state index contributed by atoms with van der Waals surface area (Å²) in [4.78, 5) is 0. The molecule has 0 radical (unpaired) electrons. The van der Waals surface area contributed by atoms with Gasteiger partial charge in [-0.1, -0.05) is 46.3 Å². The Morgan fingerprint density at radius 1 is 1.10 bits per heavy atom. The van der Waals surface area contributed by atoms with Crippen LogP contribution in [0.4, 0.5) is 4.39 Å². The number of alkyl halides is 2. The smallest absolute Gasteiger partial charge is 0.127 e. The third-order valence-corrected chi connectivity index (χ3v) is 5.29. The van der Waals surface area contributed by atoms with E-state index in [1.54, 1.807) is 6.07 Å². The average Bonchev–Trinajstić information content (AvgIpc) is 2.48. The van der Waals surface area contributed by atoms with Gasteiger partial charge in [-0.15, -0.1) is 23.2 Å². The molecule has 0 nitrogen and oxygen atoms in total. The summed E-state index contributed by atoms with van der Waals surface area (Å²) in [5, 5.41) is 0. The van der Waals surface area contributed by atoms with Gasteiger partial charge in [0.1, 0.15) is 5.82 Å². The lowest BCUT2D eigenvalue weighted by molar-refractivity contribution is 0.509. The fourth-order valence-corrected chi connectivity index (χ4v) is 3.66. The maximum absolute atomic E-state index is 14.2. The van der Waals surface area contributed by atoms with Gasteiger partial charge in [-0.3, -0.25) is 0 Å². The van der Waals surface area contributed by atoms with Crippen LogP contribution in [0.5, 0.6) is 0 Å². The monoisotopic (exact) mass is 388 g/mol. The Hall–Kier alpha value is -0.570. The van der Waals surface area contributed by atoms with Gasteiger partial charge >= 0.3 is 0 Å². The van der Waals surface area contributed by atoms with Crippen LogP contribution in [-0.2, 0) is 11.8 Å². The Labute approximate surface area is 143 Å². The number of hydrogen-bond donors (Lipinski definition) is 0. The largest absolute Gasteiger partial charge is 0.207 e. The SMILES string of the molecule is Cc1ccccc1C(CCl)(CCl)Cc1ccc(Br)cc1F. The van der Waals surface area contributed by atoms with E-state index in [0.717, 1.165) is 15.6 Å². The molecule has 2 rings (SSSR count). The highest BCUT2D eigenvalue weighted by Gasteiger charge is 2.33. The van der Waals surface area contributed by atoms with Gasteiger partial charge in [0.15, 0.2) is 0 Å². The van der Waals surface area contributed by atoms with Gasteiger partial charge in [0.25, 0.3) is 0 Å². The molecule has 0 bridgehead atoms. The first-order chi connectivity index (χ1) is 10.0. The molecule has 0 atom stereocenters. The third-order valence-electron chi connectivity index (χ3n) is 3.77. The highest BCUT2D eigenvalue weighted by atomic mass is 79.9. The fraction of sp³-hybridized carbons (Fsp3) is 0.294. The summed E-state index contributed by atoms with van der Waals surface area (Å²) in [6, 6.07) is 13.1. The molecule has 0 saturated carbocycles. The van der Waals surface area contributed by atoms with Crippen molar-refractivity contribution in [3.8, 4) is 0 Å². The highest BCUT2D eigenvalue weighted by molar-refractivity contribution is 9.10. The lowest BCUT2D eigenvalue weighted by Crippen LogP contribution is -2.34. The maximum atomic E-state index is 14.2. The Morgan fingerprint density at radius 2 is 1.76 bits per heavy atom. The van der Waals surface area contributed by atoms with Crippen molar-refractivity contribution in [2.45, 2.75) is 18.8 Å². The van der Waals surface area contributed by atoms with Crippen LogP contribution in [0.3, 0.4) is 0 Å². The van der Waals surface area contributed by atoms with Gasteiger partial charge in [0, 0.05) is 21.6 Å². The molecule has 0 aliphatic rings. The fourth-order valence-electron chi connectivity index (χ4n) is 2.57. The van der Waals surface area contributed by atoms with Crippen LogP contribution >= 0.6 is 39.1 Å². The highest BCUT2D eigenvalue weighted by Crippen LogP contribution is 2.34. The zero-order valence-corrected chi connectivity index (χ0v) is 14.8. The molecule has 0 amide bonds. The molecule has 0 unspecified atom stereocenters. The van der Waals surface area contributed by atoms with Crippen LogP contribution < -0.4 is 0 Å². The van der Waals surface area contributed by atoms with Gasteiger partial charge in [-0.05, 0) is 42.2 Å². The Bertz CT molecular complexity index is 624. The first-order valence-corrected chi connectivity index (χ1v) is 8.50. The summed E-state index contributed by atoms with van der Waals surface area (Å²) in [5.74, 6) is 0.450. The Morgan fingerprint density at radius 3 is 2.33 bits per heavy atom. The molecular formula is C17H16BrCl2F. The molecule has 0 aliphatic heterocycles. The van der Waals surface area contributed by atoms with Crippen LogP contribution in [0.25, 0.3) is 0 Å². The number of halogens is 4. The van der Waals surface area contributed by atoms with Crippen molar-refractivity contribution >= 4 is 39.1 Å². The molecule has 0 heterocycles. The molecule has 0 fully saturated rings. The predicted octanol–water partition coefficient (Wildman–Crippen LogP) is 5.85. The van der Waals surface area contributed by atoms with Crippen molar-refractivity contribution in [2.24, 2.45) is 0 Å². The van der Waals surface area contributed by atoms with E-state index in [0.29, 0.717) is 23.7 Å². The third kappa shape index (κ3) is 3.61. The average molecular weight is 390 g/mol. The second-order valence-electron chi connectivity index (χ2n) is 5.28. The van der Waals surface area contributed by atoms with E-state index in [9.17, 15) is 4.39 Å². The second kappa shape index (κ2) is 7.13. The normalized spacial score (nSPS) is 11.7. The predicted molar refractivity (Wildman–Crippen MR) is 92.1 cm³/mol. The van der Waals surface area contributed by atoms with E-state index in [1.807, 2.05) is 37.3 Å². The van der Waals surface area contributed by atoms with E-state index in [-0.39, 0.29) is 5.82 Å². The summed E-state index contributed by atoms with van der Waals surface area (Å²) in [7, 11) is 0. The first kappa shape index (κ1) is 16.8. The van der Waals surface area contributed by atoms with Crippen LogP contribution in [0.15, 0.2) is 46.9 Å². The van der Waals surface area contributed by atoms with Crippen molar-refractivity contribution < 1.29 is 4.39 Å². The molecule has 0 N–H and O–H groups in total. The molecule has 0 aromatic heterocycles. The molecule has 0 aliphatic carbocycles. The van der Waals surface area contributed by atoms with E-state index in [1.165, 1.54) is 6.07 Å². The van der Waals surface area contributed by atoms with E-state index < -0.39 is 5.41 Å². The van der Waals surface area contributed by atoms with Crippen molar-refractivity contribution in [1.82, 2.24) is 0 Å². The maximum Gasteiger partial charge on any atom is 0.127 e. The number of hydrogen-bond acceptors (Lipinski definition) is 0. The lowest BCUT2D eigenvalue weighted by atomic mass is 9.77. The van der Waals surface area contributed by atoms with Gasteiger partial charge < -0.3 is 0 Å². The zero-order chi connectivity index (χ0) is 15.5. The molecule has 0 saturated heterocycles. The molecule has 0 spiro atoms. The molecule has 2 aromatic carbocycles. The summed E-state index contributed by atoms with van der Waals surface area (Å²) in [6.07, 6.45) is 0.476. The topological polar surface area (TPSA) is 0 Å². The second-order valence-corrected chi connectivity index (χ2v) is 6.73. The number of aryl methyl sites for hydroxylation is 1.